The highest BCUT2D eigenvalue weighted by atomic mass is 19.1. The van der Waals surface area contributed by atoms with E-state index in [1.165, 1.54) is 12.1 Å². The van der Waals surface area contributed by atoms with Crippen LogP contribution in [0.2, 0.25) is 0 Å². The number of aryl methyl sites for hydroxylation is 1. The topological polar surface area (TPSA) is 40.2 Å². The average Bonchev–Trinajstić information content (AvgIpc) is 2.86. The van der Waals surface area contributed by atoms with Crippen LogP contribution in [0.1, 0.15) is 12.6 Å². The van der Waals surface area contributed by atoms with Gasteiger partial charge in [-0.1, -0.05) is 6.07 Å². The molecule has 1 aromatic heterocycles. The van der Waals surface area contributed by atoms with Gasteiger partial charge in [0.05, 0.1) is 11.2 Å². The fraction of sp³-hybridized carbons (Fsp3) is 0.176. The fourth-order valence-corrected chi connectivity index (χ4v) is 2.54. The van der Waals surface area contributed by atoms with Crippen molar-refractivity contribution < 1.29 is 9.13 Å². The zero-order valence-corrected chi connectivity index (χ0v) is 11.8. The fourth-order valence-electron chi connectivity index (χ4n) is 2.54. The van der Waals surface area contributed by atoms with Crippen LogP contribution in [0.4, 0.5) is 10.1 Å². The van der Waals surface area contributed by atoms with E-state index >= 15 is 0 Å². The Morgan fingerprint density at radius 2 is 1.90 bits per heavy atom. The van der Waals surface area contributed by atoms with E-state index in [1.807, 2.05) is 12.1 Å². The van der Waals surface area contributed by atoms with Crippen LogP contribution in [0.3, 0.4) is 0 Å². The van der Waals surface area contributed by atoms with Crippen molar-refractivity contribution in [1.29, 1.82) is 0 Å². The van der Waals surface area contributed by atoms with E-state index < -0.39 is 0 Å². The minimum atomic E-state index is -0.266. The lowest BCUT2D eigenvalue weighted by Gasteiger charge is -2.09. The summed E-state index contributed by atoms with van der Waals surface area (Å²) in [5, 5.41) is 1.04. The van der Waals surface area contributed by atoms with Crippen molar-refractivity contribution >= 4 is 16.6 Å². The molecule has 0 aliphatic rings. The predicted molar refractivity (Wildman–Crippen MR) is 82.8 cm³/mol. The second kappa shape index (κ2) is 5.48. The smallest absolute Gasteiger partial charge is 0.128 e. The largest absolute Gasteiger partial charge is 0.487 e. The molecular weight excluding hydrogens is 267 g/mol. The Morgan fingerprint density at radius 1 is 1.14 bits per heavy atom. The van der Waals surface area contributed by atoms with E-state index in [1.54, 1.807) is 12.1 Å². The molecule has 4 heteroatoms. The van der Waals surface area contributed by atoms with Crippen molar-refractivity contribution in [3.63, 3.8) is 0 Å². The summed E-state index contributed by atoms with van der Waals surface area (Å²) >= 11 is 0. The van der Waals surface area contributed by atoms with E-state index in [4.69, 9.17) is 10.5 Å². The first-order chi connectivity index (χ1) is 10.2. The van der Waals surface area contributed by atoms with Crippen LogP contribution in [0.15, 0.2) is 48.5 Å². The Bertz CT molecular complexity index is 762. The zero-order valence-electron chi connectivity index (χ0n) is 11.8. The lowest BCUT2D eigenvalue weighted by molar-refractivity contribution is 0.295. The molecule has 0 unspecified atom stereocenters. The van der Waals surface area contributed by atoms with E-state index in [2.05, 4.69) is 23.6 Å². The van der Waals surface area contributed by atoms with E-state index in [0.717, 1.165) is 28.8 Å². The number of anilines is 1. The molecule has 3 nitrogen and oxygen atoms in total. The second-order valence-electron chi connectivity index (χ2n) is 4.90. The number of nitrogen functional groups attached to an aromatic ring is 1. The Labute approximate surface area is 122 Å². The summed E-state index contributed by atoms with van der Waals surface area (Å²) in [6, 6.07) is 14.0. The van der Waals surface area contributed by atoms with Crippen LogP contribution in [-0.4, -0.2) is 4.57 Å². The highest BCUT2D eigenvalue weighted by molar-refractivity contribution is 5.92. The first-order valence-electron chi connectivity index (χ1n) is 6.94. The van der Waals surface area contributed by atoms with Crippen LogP contribution in [-0.2, 0) is 13.2 Å². The number of nitrogens with zero attached hydrogens (tertiary/aromatic N) is 1. The van der Waals surface area contributed by atoms with Gasteiger partial charge in [-0.25, -0.2) is 4.39 Å². The molecule has 1 heterocycles. The molecule has 2 N–H and O–H groups in total. The first-order valence-corrected chi connectivity index (χ1v) is 6.94. The summed E-state index contributed by atoms with van der Waals surface area (Å²) < 4.78 is 20.8. The Hall–Kier alpha value is -2.49. The summed E-state index contributed by atoms with van der Waals surface area (Å²) in [5.74, 6) is 0.384. The van der Waals surface area contributed by atoms with E-state index in [-0.39, 0.29) is 5.82 Å². The molecule has 108 valence electrons. The van der Waals surface area contributed by atoms with E-state index in [0.29, 0.717) is 12.4 Å². The number of rotatable bonds is 4. The highest BCUT2D eigenvalue weighted by Gasteiger charge is 2.10. The number of fused-ring (bicyclic) bond motifs is 1. The van der Waals surface area contributed by atoms with Crippen molar-refractivity contribution in [2.45, 2.75) is 20.1 Å². The van der Waals surface area contributed by atoms with Crippen molar-refractivity contribution in [3.8, 4) is 5.75 Å². The van der Waals surface area contributed by atoms with Crippen molar-refractivity contribution in [3.05, 3.63) is 60.0 Å². The van der Waals surface area contributed by atoms with Gasteiger partial charge in [-0.2, -0.15) is 0 Å². The third-order valence-corrected chi connectivity index (χ3v) is 3.58. The number of hydrogen-bond donors (Lipinski definition) is 1. The molecule has 2 aromatic carbocycles. The normalized spacial score (nSPS) is 11.0. The van der Waals surface area contributed by atoms with Gasteiger partial charge in [-0.15, -0.1) is 0 Å². The van der Waals surface area contributed by atoms with Gasteiger partial charge in [-0.05, 0) is 49.4 Å². The molecule has 3 aromatic rings. The minimum Gasteiger partial charge on any atom is -0.487 e. The highest BCUT2D eigenvalue weighted by Crippen LogP contribution is 2.26. The second-order valence-corrected chi connectivity index (χ2v) is 4.90. The number of ether oxygens (including phenoxy) is 1. The molecule has 0 saturated carbocycles. The van der Waals surface area contributed by atoms with Crippen LogP contribution in [0.25, 0.3) is 10.9 Å². The molecular formula is C17H17FN2O. The molecule has 0 bridgehead atoms. The van der Waals surface area contributed by atoms with Crippen molar-refractivity contribution in [2.75, 3.05) is 5.73 Å². The monoisotopic (exact) mass is 284 g/mol. The SMILES string of the molecule is CCn1c(COc2ccc(F)cc2)cc2c(N)cccc21. The number of benzene rings is 2. The number of aromatic nitrogens is 1. The third-order valence-electron chi connectivity index (χ3n) is 3.58. The minimum absolute atomic E-state index is 0.266. The van der Waals surface area contributed by atoms with Gasteiger partial charge in [0.2, 0.25) is 0 Å². The summed E-state index contributed by atoms with van der Waals surface area (Å²) in [5.41, 5.74) is 8.95. The quantitative estimate of drug-likeness (QED) is 0.737. The third kappa shape index (κ3) is 2.57. The molecule has 0 amide bonds. The summed E-state index contributed by atoms with van der Waals surface area (Å²) in [6.07, 6.45) is 0. The molecule has 0 aliphatic heterocycles. The van der Waals surface area contributed by atoms with Gasteiger partial charge in [0.25, 0.3) is 0 Å². The molecule has 0 radical (unpaired) electrons. The van der Waals surface area contributed by atoms with Crippen LogP contribution < -0.4 is 10.5 Å². The lowest BCUT2D eigenvalue weighted by atomic mass is 10.2. The molecule has 0 atom stereocenters. The molecule has 21 heavy (non-hydrogen) atoms. The first kappa shape index (κ1) is 13.5. The number of nitrogens with two attached hydrogens (primary N) is 1. The van der Waals surface area contributed by atoms with Gasteiger partial charge in [0, 0.05) is 17.6 Å². The maximum atomic E-state index is 12.9. The molecule has 0 saturated heterocycles. The van der Waals surface area contributed by atoms with Crippen molar-refractivity contribution in [1.82, 2.24) is 4.57 Å². The Morgan fingerprint density at radius 3 is 2.62 bits per heavy atom. The summed E-state index contributed by atoms with van der Waals surface area (Å²) in [7, 11) is 0. The van der Waals surface area contributed by atoms with Crippen LogP contribution in [0, 0.1) is 5.82 Å². The standard InChI is InChI=1S/C17H17FN2O/c1-2-20-13(10-15-16(19)4-3-5-17(15)20)11-21-14-8-6-12(18)7-9-14/h3-10H,2,11,19H2,1H3. The average molecular weight is 284 g/mol. The number of hydrogen-bond acceptors (Lipinski definition) is 2. The van der Waals surface area contributed by atoms with E-state index in [9.17, 15) is 4.39 Å². The molecule has 0 fully saturated rings. The van der Waals surface area contributed by atoms with Gasteiger partial charge in [-0.3, -0.25) is 0 Å². The maximum Gasteiger partial charge on any atom is 0.128 e. The Balaban J connectivity index is 1.89. The predicted octanol–water partition coefficient (Wildman–Crippen LogP) is 3.96. The number of halogens is 1. The van der Waals surface area contributed by atoms with Crippen LogP contribution >= 0.6 is 0 Å². The molecule has 0 aliphatic carbocycles. The summed E-state index contributed by atoms with van der Waals surface area (Å²) in [4.78, 5) is 0. The lowest BCUT2D eigenvalue weighted by Crippen LogP contribution is -2.04. The molecule has 0 spiro atoms. The van der Waals surface area contributed by atoms with Gasteiger partial charge in [0.15, 0.2) is 0 Å². The van der Waals surface area contributed by atoms with Crippen molar-refractivity contribution in [2.24, 2.45) is 0 Å². The van der Waals surface area contributed by atoms with Gasteiger partial charge in [0.1, 0.15) is 18.2 Å². The van der Waals surface area contributed by atoms with Gasteiger partial charge >= 0.3 is 0 Å². The zero-order chi connectivity index (χ0) is 14.8. The summed E-state index contributed by atoms with van der Waals surface area (Å²) in [6.45, 7) is 3.35. The molecule has 3 rings (SSSR count). The Kier molecular flexibility index (Phi) is 3.52. The van der Waals surface area contributed by atoms with Crippen LogP contribution in [0.5, 0.6) is 5.75 Å². The van der Waals surface area contributed by atoms with Gasteiger partial charge < -0.3 is 15.0 Å². The maximum absolute atomic E-state index is 12.9.